The van der Waals surface area contributed by atoms with Crippen molar-refractivity contribution in [2.45, 2.75) is 69.1 Å². The molecular weight excluding hydrogens is 576 g/mol. The Balaban J connectivity index is 1.39. The fourth-order valence-electron chi connectivity index (χ4n) is 6.98. The lowest BCUT2D eigenvalue weighted by Crippen LogP contribution is -2.49. The number of carbonyl (C=O) groups is 1. The molecular formula is C32H41ClN2O6S. The van der Waals surface area contributed by atoms with Crippen LogP contribution in [0.3, 0.4) is 0 Å². The average Bonchev–Trinajstić information content (AvgIpc) is 3.06. The van der Waals surface area contributed by atoms with E-state index in [2.05, 4.69) is 17.0 Å². The van der Waals surface area contributed by atoms with Crippen LogP contribution in [0.15, 0.2) is 48.6 Å². The van der Waals surface area contributed by atoms with Crippen LogP contribution in [0.25, 0.3) is 0 Å². The molecule has 0 radical (unpaired) electrons. The van der Waals surface area contributed by atoms with Gasteiger partial charge < -0.3 is 19.8 Å². The number of nitrogens with zero attached hydrogens (tertiary/aromatic N) is 1. The van der Waals surface area contributed by atoms with Gasteiger partial charge in [0, 0.05) is 23.5 Å². The van der Waals surface area contributed by atoms with E-state index in [1.165, 1.54) is 11.1 Å². The minimum absolute atomic E-state index is 0.0460. The van der Waals surface area contributed by atoms with Gasteiger partial charge >= 0.3 is 5.97 Å². The molecule has 42 heavy (non-hydrogen) atoms. The number of anilines is 1. The summed E-state index contributed by atoms with van der Waals surface area (Å²) in [6.45, 7) is 5.35. The molecule has 5 rings (SSSR count). The molecule has 1 fully saturated rings. The molecule has 2 aliphatic carbocycles. The molecule has 228 valence electrons. The Bertz CT molecular complexity index is 1460. The molecule has 0 aromatic heterocycles. The number of carboxylic acids is 1. The summed E-state index contributed by atoms with van der Waals surface area (Å²) in [6.07, 6.45) is 8.18. The van der Waals surface area contributed by atoms with E-state index in [0.29, 0.717) is 31.9 Å². The number of halogens is 1. The van der Waals surface area contributed by atoms with E-state index in [1.807, 2.05) is 19.1 Å². The minimum Gasteiger partial charge on any atom is -0.490 e. The lowest BCUT2D eigenvalue weighted by atomic mass is 9.68. The van der Waals surface area contributed by atoms with E-state index in [4.69, 9.17) is 21.5 Å². The Labute approximate surface area is 253 Å². The molecule has 0 amide bonds. The number of carboxylic acid groups (broad SMARTS) is 1. The van der Waals surface area contributed by atoms with Crippen molar-refractivity contribution in [1.82, 2.24) is 0 Å². The Hall–Kier alpha value is -2.59. The van der Waals surface area contributed by atoms with Gasteiger partial charge in [-0.05, 0) is 105 Å². The number of aliphatic hydroxyl groups excluding tert-OH is 1. The van der Waals surface area contributed by atoms with E-state index in [-0.39, 0.29) is 28.7 Å². The first-order chi connectivity index (χ1) is 19.9. The first-order valence-corrected chi connectivity index (χ1v) is 16.8. The quantitative estimate of drug-likeness (QED) is 0.332. The van der Waals surface area contributed by atoms with Crippen molar-refractivity contribution < 1.29 is 28.2 Å². The number of benzene rings is 2. The van der Waals surface area contributed by atoms with Crippen molar-refractivity contribution >= 4 is 33.3 Å². The third-order valence-corrected chi connectivity index (χ3v) is 11.1. The summed E-state index contributed by atoms with van der Waals surface area (Å²) in [4.78, 5) is 14.2. The molecule has 3 unspecified atom stereocenters. The van der Waals surface area contributed by atoms with Gasteiger partial charge in [0.1, 0.15) is 5.75 Å². The molecule has 6 atom stereocenters. The van der Waals surface area contributed by atoms with Gasteiger partial charge in [-0.1, -0.05) is 36.7 Å². The van der Waals surface area contributed by atoms with Crippen LogP contribution in [0.5, 0.6) is 5.75 Å². The second-order valence-corrected chi connectivity index (χ2v) is 15.0. The highest BCUT2D eigenvalue weighted by atomic mass is 35.5. The highest BCUT2D eigenvalue weighted by Crippen LogP contribution is 2.46. The molecule has 2 aromatic rings. The van der Waals surface area contributed by atoms with E-state index < -0.39 is 27.3 Å². The Morgan fingerprint density at radius 1 is 1.21 bits per heavy atom. The lowest BCUT2D eigenvalue weighted by Gasteiger charge is -2.45. The van der Waals surface area contributed by atoms with Gasteiger partial charge in [0.05, 0.1) is 29.2 Å². The van der Waals surface area contributed by atoms with Crippen LogP contribution in [-0.4, -0.2) is 55.7 Å². The number of primary sulfonamides is 1. The van der Waals surface area contributed by atoms with E-state index in [9.17, 15) is 23.4 Å². The molecule has 0 bridgehead atoms. The van der Waals surface area contributed by atoms with Crippen LogP contribution in [0.4, 0.5) is 5.69 Å². The number of allylic oxidation sites excluding steroid dienone is 1. The highest BCUT2D eigenvalue weighted by Gasteiger charge is 2.44. The highest BCUT2D eigenvalue weighted by molar-refractivity contribution is 7.89. The topological polar surface area (TPSA) is 130 Å². The summed E-state index contributed by atoms with van der Waals surface area (Å²) >= 11 is 6.36. The standard InChI is InChI=1S/C32H41ClN2O6S/c1-20(14-21(2)42(34,39)40)5-11-29(36)26-9-6-24(26)17-35-18-32(13-3-4-22-15-25(33)8-10-27(22)32)19-41-30-12-7-23(31(37)38)16-28(30)35/h5,7-8,10-12,15-16,20-21,24,26,29,36H,3-4,6,9,13-14,17-19H2,1-2H3,(H,37,38)(H2,34,39,40)/b11-5+/t20-,21-,24?,26?,29?,32+/m1/s1. The summed E-state index contributed by atoms with van der Waals surface area (Å²) in [5.41, 5.74) is 3.19. The van der Waals surface area contributed by atoms with Crippen LogP contribution in [0.1, 0.15) is 67.4 Å². The van der Waals surface area contributed by atoms with Gasteiger partial charge in [-0.25, -0.2) is 18.4 Å². The Kier molecular flexibility index (Phi) is 8.95. The van der Waals surface area contributed by atoms with Gasteiger partial charge in [-0.3, -0.25) is 0 Å². The number of aryl methyl sites for hydroxylation is 1. The number of rotatable bonds is 9. The van der Waals surface area contributed by atoms with Crippen molar-refractivity contribution in [1.29, 1.82) is 0 Å². The van der Waals surface area contributed by atoms with Crippen LogP contribution in [-0.2, 0) is 21.9 Å². The fourth-order valence-corrected chi connectivity index (χ4v) is 7.75. The van der Waals surface area contributed by atoms with Gasteiger partial charge in [0.25, 0.3) is 0 Å². The van der Waals surface area contributed by atoms with Crippen molar-refractivity contribution in [2.24, 2.45) is 22.9 Å². The zero-order chi connectivity index (χ0) is 30.2. The molecule has 1 aliphatic heterocycles. The Morgan fingerprint density at radius 2 is 2.00 bits per heavy atom. The number of sulfonamides is 1. The zero-order valence-corrected chi connectivity index (χ0v) is 25.8. The molecule has 8 nitrogen and oxygen atoms in total. The van der Waals surface area contributed by atoms with Crippen molar-refractivity contribution in [2.75, 3.05) is 24.6 Å². The van der Waals surface area contributed by atoms with Crippen LogP contribution < -0.4 is 14.8 Å². The molecule has 1 saturated carbocycles. The summed E-state index contributed by atoms with van der Waals surface area (Å²) in [7, 11) is -3.60. The number of hydrogen-bond donors (Lipinski definition) is 3. The van der Waals surface area contributed by atoms with Gasteiger partial charge in [0.2, 0.25) is 10.0 Å². The van der Waals surface area contributed by atoms with E-state index in [1.54, 1.807) is 31.2 Å². The minimum atomic E-state index is -3.60. The largest absolute Gasteiger partial charge is 0.490 e. The maximum absolute atomic E-state index is 11.9. The van der Waals surface area contributed by atoms with Gasteiger partial charge in [-0.15, -0.1) is 0 Å². The normalized spacial score (nSPS) is 26.0. The third kappa shape index (κ3) is 6.49. The second-order valence-electron chi connectivity index (χ2n) is 12.6. The first-order valence-electron chi connectivity index (χ1n) is 14.8. The monoisotopic (exact) mass is 616 g/mol. The van der Waals surface area contributed by atoms with Gasteiger partial charge in [-0.2, -0.15) is 0 Å². The van der Waals surface area contributed by atoms with Crippen LogP contribution in [0.2, 0.25) is 5.02 Å². The van der Waals surface area contributed by atoms with Crippen molar-refractivity contribution in [3.63, 3.8) is 0 Å². The smallest absolute Gasteiger partial charge is 0.335 e. The molecule has 10 heteroatoms. The lowest BCUT2D eigenvalue weighted by molar-refractivity contribution is 0.0454. The number of fused-ring (bicyclic) bond motifs is 3. The summed E-state index contributed by atoms with van der Waals surface area (Å²) in [5, 5.41) is 26.2. The maximum Gasteiger partial charge on any atom is 0.335 e. The SMILES string of the molecule is C[C@H](/C=C/C(O)C1CCC1CN1C[C@@]2(CCCc3cc(Cl)ccc32)COc2ccc(C(=O)O)cc21)C[C@@H](C)S(N)(=O)=O. The summed E-state index contributed by atoms with van der Waals surface area (Å²) in [5.74, 6) is -0.106. The third-order valence-electron chi connectivity index (χ3n) is 9.56. The average molecular weight is 617 g/mol. The molecule has 4 N–H and O–H groups in total. The number of nitrogens with two attached hydrogens (primary N) is 1. The predicted molar refractivity (Wildman–Crippen MR) is 165 cm³/mol. The second kappa shape index (κ2) is 12.2. The van der Waals surface area contributed by atoms with Crippen LogP contribution in [0, 0.1) is 17.8 Å². The number of hydrogen-bond acceptors (Lipinski definition) is 6. The number of ether oxygens (including phenoxy) is 1. The summed E-state index contributed by atoms with van der Waals surface area (Å²) < 4.78 is 29.7. The molecule has 1 heterocycles. The first kappa shape index (κ1) is 30.9. The van der Waals surface area contributed by atoms with E-state index >= 15 is 0 Å². The fraction of sp³-hybridized carbons (Fsp3) is 0.531. The predicted octanol–water partition coefficient (Wildman–Crippen LogP) is 5.16. The molecule has 0 saturated heterocycles. The molecule has 2 aromatic carbocycles. The van der Waals surface area contributed by atoms with Gasteiger partial charge in [0.15, 0.2) is 0 Å². The zero-order valence-electron chi connectivity index (χ0n) is 24.2. The van der Waals surface area contributed by atoms with Crippen molar-refractivity contribution in [3.05, 3.63) is 70.3 Å². The van der Waals surface area contributed by atoms with Crippen molar-refractivity contribution in [3.8, 4) is 5.75 Å². The number of aromatic carboxylic acids is 1. The van der Waals surface area contributed by atoms with Crippen LogP contribution >= 0.6 is 11.6 Å². The molecule has 3 aliphatic rings. The van der Waals surface area contributed by atoms with E-state index in [0.717, 1.165) is 42.8 Å². The summed E-state index contributed by atoms with van der Waals surface area (Å²) in [6, 6.07) is 11.2. The molecule has 1 spiro atoms. The number of aliphatic hydroxyl groups is 1. The maximum atomic E-state index is 11.9. The Morgan fingerprint density at radius 3 is 2.69 bits per heavy atom.